The van der Waals surface area contributed by atoms with Gasteiger partial charge < -0.3 is 5.32 Å². The molecule has 0 radical (unpaired) electrons. The molecule has 1 aliphatic rings. The lowest BCUT2D eigenvalue weighted by Crippen LogP contribution is -2.28. The highest BCUT2D eigenvalue weighted by atomic mass is 32.2. The minimum Gasteiger partial charge on any atom is -0.322 e. The second kappa shape index (κ2) is 8.23. The standard InChI is InChI=1S/C22H15F3N2O2S/c23-15-5-1-13(2-6-15)21(29)26-17-8-3-14(4-9-17)22-27(20(28)12-30-22)19-11-16(24)7-10-18(19)25/h1-11,22H,12H2,(H,26,29). The summed E-state index contributed by atoms with van der Waals surface area (Å²) in [5.41, 5.74) is 1.41. The molecule has 8 heteroatoms. The Morgan fingerprint density at radius 3 is 2.30 bits per heavy atom. The Balaban J connectivity index is 1.54. The zero-order valence-electron chi connectivity index (χ0n) is 15.4. The molecule has 0 aromatic heterocycles. The fourth-order valence-corrected chi connectivity index (χ4v) is 4.31. The van der Waals surface area contributed by atoms with Crippen molar-refractivity contribution in [1.82, 2.24) is 0 Å². The van der Waals surface area contributed by atoms with Gasteiger partial charge in [-0.3, -0.25) is 14.5 Å². The summed E-state index contributed by atoms with van der Waals surface area (Å²) in [4.78, 5) is 25.8. The number of anilines is 2. The molecule has 1 saturated heterocycles. The first-order valence-corrected chi connectivity index (χ1v) is 10.0. The number of thioether (sulfide) groups is 1. The molecule has 0 saturated carbocycles. The molecule has 1 fully saturated rings. The number of carbonyl (C=O) groups is 2. The monoisotopic (exact) mass is 428 g/mol. The number of benzene rings is 3. The third-order valence-electron chi connectivity index (χ3n) is 4.60. The van der Waals surface area contributed by atoms with Crippen LogP contribution in [0.15, 0.2) is 66.7 Å². The lowest BCUT2D eigenvalue weighted by atomic mass is 10.1. The fourth-order valence-electron chi connectivity index (χ4n) is 3.14. The van der Waals surface area contributed by atoms with Gasteiger partial charge in [0.15, 0.2) is 0 Å². The van der Waals surface area contributed by atoms with Crippen molar-refractivity contribution < 1.29 is 22.8 Å². The minimum absolute atomic E-state index is 0.108. The van der Waals surface area contributed by atoms with E-state index in [1.54, 1.807) is 24.3 Å². The molecule has 4 nitrogen and oxygen atoms in total. The molecular weight excluding hydrogens is 413 g/mol. The quantitative estimate of drug-likeness (QED) is 0.627. The Morgan fingerprint density at radius 2 is 1.60 bits per heavy atom. The van der Waals surface area contributed by atoms with E-state index in [0.29, 0.717) is 16.8 Å². The van der Waals surface area contributed by atoms with Gasteiger partial charge in [0, 0.05) is 17.3 Å². The van der Waals surface area contributed by atoms with Crippen molar-refractivity contribution in [3.05, 3.63) is 95.3 Å². The van der Waals surface area contributed by atoms with E-state index in [1.807, 2.05) is 0 Å². The summed E-state index contributed by atoms with van der Waals surface area (Å²) >= 11 is 1.30. The second-order valence-electron chi connectivity index (χ2n) is 6.61. The maximum atomic E-state index is 14.2. The van der Waals surface area contributed by atoms with Crippen LogP contribution in [0.3, 0.4) is 0 Å². The first-order valence-electron chi connectivity index (χ1n) is 8.98. The molecular formula is C22H15F3N2O2S. The molecule has 152 valence electrons. The highest BCUT2D eigenvalue weighted by Gasteiger charge is 2.35. The van der Waals surface area contributed by atoms with Crippen LogP contribution in [-0.2, 0) is 4.79 Å². The lowest BCUT2D eigenvalue weighted by Gasteiger charge is -2.25. The number of nitrogens with zero attached hydrogens (tertiary/aromatic N) is 1. The Labute approximate surface area is 174 Å². The van der Waals surface area contributed by atoms with Crippen LogP contribution < -0.4 is 10.2 Å². The lowest BCUT2D eigenvalue weighted by molar-refractivity contribution is -0.115. The Bertz CT molecular complexity index is 1100. The number of hydrogen-bond donors (Lipinski definition) is 1. The van der Waals surface area contributed by atoms with Gasteiger partial charge in [0.05, 0.1) is 11.4 Å². The highest BCUT2D eigenvalue weighted by molar-refractivity contribution is 8.00. The summed E-state index contributed by atoms with van der Waals surface area (Å²) in [5.74, 6) is -2.31. The second-order valence-corrected chi connectivity index (χ2v) is 7.67. The highest BCUT2D eigenvalue weighted by Crippen LogP contribution is 2.42. The van der Waals surface area contributed by atoms with Gasteiger partial charge in [-0.05, 0) is 54.1 Å². The molecule has 4 rings (SSSR count). The van der Waals surface area contributed by atoms with Crippen LogP contribution in [0.2, 0.25) is 0 Å². The summed E-state index contributed by atoms with van der Waals surface area (Å²) in [7, 11) is 0. The van der Waals surface area contributed by atoms with Crippen LogP contribution in [0.4, 0.5) is 24.5 Å². The van der Waals surface area contributed by atoms with Gasteiger partial charge in [-0.25, -0.2) is 13.2 Å². The van der Waals surface area contributed by atoms with Crippen LogP contribution >= 0.6 is 11.8 Å². The van der Waals surface area contributed by atoms with E-state index in [4.69, 9.17) is 0 Å². The van der Waals surface area contributed by atoms with E-state index in [1.165, 1.54) is 40.9 Å². The van der Waals surface area contributed by atoms with Gasteiger partial charge >= 0.3 is 0 Å². The molecule has 30 heavy (non-hydrogen) atoms. The Hall–Kier alpha value is -3.26. The fraction of sp³-hybridized carbons (Fsp3) is 0.0909. The van der Waals surface area contributed by atoms with Gasteiger partial charge in [-0.1, -0.05) is 12.1 Å². The summed E-state index contributed by atoms with van der Waals surface area (Å²) in [6.45, 7) is 0. The van der Waals surface area contributed by atoms with Crippen molar-refractivity contribution in [1.29, 1.82) is 0 Å². The molecule has 1 N–H and O–H groups in total. The van der Waals surface area contributed by atoms with Gasteiger partial charge in [-0.2, -0.15) is 0 Å². The van der Waals surface area contributed by atoms with E-state index in [0.717, 1.165) is 18.2 Å². The van der Waals surface area contributed by atoms with Gasteiger partial charge in [0.2, 0.25) is 5.91 Å². The van der Waals surface area contributed by atoms with E-state index in [-0.39, 0.29) is 17.3 Å². The van der Waals surface area contributed by atoms with E-state index < -0.39 is 28.7 Å². The average Bonchev–Trinajstić information content (AvgIpc) is 3.12. The topological polar surface area (TPSA) is 49.4 Å². The van der Waals surface area contributed by atoms with E-state index in [2.05, 4.69) is 5.32 Å². The molecule has 0 spiro atoms. The third-order valence-corrected chi connectivity index (χ3v) is 5.81. The number of rotatable bonds is 4. The summed E-state index contributed by atoms with van der Waals surface area (Å²) < 4.78 is 40.9. The summed E-state index contributed by atoms with van der Waals surface area (Å²) in [5, 5.41) is 2.19. The maximum Gasteiger partial charge on any atom is 0.255 e. The van der Waals surface area contributed by atoms with E-state index >= 15 is 0 Å². The first-order chi connectivity index (χ1) is 14.4. The zero-order chi connectivity index (χ0) is 21.3. The Kier molecular flexibility index (Phi) is 5.50. The van der Waals surface area contributed by atoms with Crippen LogP contribution in [0.1, 0.15) is 21.3 Å². The Morgan fingerprint density at radius 1 is 0.933 bits per heavy atom. The van der Waals surface area contributed by atoms with Crippen molar-refractivity contribution in [2.75, 3.05) is 16.0 Å². The number of amides is 2. The van der Waals surface area contributed by atoms with Crippen molar-refractivity contribution in [3.8, 4) is 0 Å². The van der Waals surface area contributed by atoms with Gasteiger partial charge in [0.25, 0.3) is 5.91 Å². The SMILES string of the molecule is O=C(Nc1ccc(C2SCC(=O)N2c2cc(F)ccc2F)cc1)c1ccc(F)cc1. The molecule has 2 amide bonds. The predicted octanol–water partition coefficient (Wildman–Crippen LogP) is 5.13. The van der Waals surface area contributed by atoms with Crippen molar-refractivity contribution in [2.24, 2.45) is 0 Å². The van der Waals surface area contributed by atoms with Crippen molar-refractivity contribution >= 4 is 35.0 Å². The molecule has 3 aromatic rings. The van der Waals surface area contributed by atoms with Crippen LogP contribution in [0.25, 0.3) is 0 Å². The van der Waals surface area contributed by atoms with Gasteiger partial charge in [0.1, 0.15) is 22.8 Å². The van der Waals surface area contributed by atoms with Crippen molar-refractivity contribution in [3.63, 3.8) is 0 Å². The van der Waals surface area contributed by atoms with E-state index in [9.17, 15) is 22.8 Å². The van der Waals surface area contributed by atoms with Crippen molar-refractivity contribution in [2.45, 2.75) is 5.37 Å². The largest absolute Gasteiger partial charge is 0.322 e. The van der Waals surface area contributed by atoms with Crippen LogP contribution in [0.5, 0.6) is 0 Å². The molecule has 1 unspecified atom stereocenters. The summed E-state index contributed by atoms with van der Waals surface area (Å²) in [6, 6.07) is 14.9. The van der Waals surface area contributed by atoms with Gasteiger partial charge in [-0.15, -0.1) is 11.8 Å². The number of halogens is 3. The van der Waals surface area contributed by atoms with Crippen LogP contribution in [0, 0.1) is 17.5 Å². The number of nitrogens with one attached hydrogen (secondary N) is 1. The molecule has 1 atom stereocenters. The predicted molar refractivity (Wildman–Crippen MR) is 110 cm³/mol. The average molecular weight is 428 g/mol. The van der Waals surface area contributed by atoms with Crippen LogP contribution in [-0.4, -0.2) is 17.6 Å². The number of hydrogen-bond acceptors (Lipinski definition) is 3. The smallest absolute Gasteiger partial charge is 0.255 e. The number of carbonyl (C=O) groups excluding carboxylic acids is 2. The zero-order valence-corrected chi connectivity index (χ0v) is 16.3. The summed E-state index contributed by atoms with van der Waals surface area (Å²) in [6.07, 6.45) is 0. The molecule has 0 bridgehead atoms. The molecule has 1 aliphatic heterocycles. The molecule has 0 aliphatic carbocycles. The first kappa shape index (κ1) is 20.0. The minimum atomic E-state index is -0.680. The molecule has 3 aromatic carbocycles. The molecule has 1 heterocycles. The third kappa shape index (κ3) is 4.04. The maximum absolute atomic E-state index is 14.2. The normalized spacial score (nSPS) is 16.0.